The molecule has 0 spiro atoms. The van der Waals surface area contributed by atoms with Crippen LogP contribution < -0.4 is 0 Å². The topological polar surface area (TPSA) is 44.1 Å². The van der Waals surface area contributed by atoms with Crippen LogP contribution in [0.2, 0.25) is 0 Å². The molecule has 0 fully saturated rings. The maximum atomic E-state index is 11.6. The highest BCUT2D eigenvalue weighted by Crippen LogP contribution is 2.12. The van der Waals surface area contributed by atoms with Gasteiger partial charge in [0.05, 0.1) is 6.07 Å². The third-order valence-corrected chi connectivity index (χ3v) is 2.01. The van der Waals surface area contributed by atoms with E-state index in [0.717, 1.165) is 13.0 Å². The number of rotatable bonds is 4. The lowest BCUT2D eigenvalue weighted by atomic mass is 9.96. The zero-order valence-electron chi connectivity index (χ0n) is 8.87. The van der Waals surface area contributed by atoms with Crippen LogP contribution in [0.3, 0.4) is 0 Å². The average Bonchev–Trinajstić information content (AvgIpc) is 2.05. The summed E-state index contributed by atoms with van der Waals surface area (Å²) in [6, 6.07) is 2.05. The van der Waals surface area contributed by atoms with Gasteiger partial charge in [0.2, 0.25) is 5.91 Å². The summed E-state index contributed by atoms with van der Waals surface area (Å²) in [5.41, 5.74) is 0. The van der Waals surface area contributed by atoms with Crippen LogP contribution in [0.5, 0.6) is 0 Å². The molecule has 0 aromatic heterocycles. The Morgan fingerprint density at radius 3 is 2.38 bits per heavy atom. The molecule has 0 aliphatic rings. The predicted molar refractivity (Wildman–Crippen MR) is 51.9 cm³/mol. The molecule has 0 aromatic carbocycles. The van der Waals surface area contributed by atoms with E-state index in [2.05, 4.69) is 0 Å². The van der Waals surface area contributed by atoms with Crippen molar-refractivity contribution >= 4 is 5.91 Å². The molecule has 0 saturated carbocycles. The van der Waals surface area contributed by atoms with Crippen molar-refractivity contribution in [1.82, 2.24) is 4.90 Å². The number of nitriles is 1. The summed E-state index contributed by atoms with van der Waals surface area (Å²) in [5.74, 6) is -0.451. The Labute approximate surface area is 80.3 Å². The van der Waals surface area contributed by atoms with Crippen LogP contribution >= 0.6 is 0 Å². The van der Waals surface area contributed by atoms with Gasteiger partial charge in [-0.25, -0.2) is 0 Å². The molecular formula is C10H18N2O. The summed E-state index contributed by atoms with van der Waals surface area (Å²) >= 11 is 0. The number of carbonyl (C=O) groups excluding carboxylic acids is 1. The Kier molecular flexibility index (Phi) is 5.13. The molecule has 0 rings (SSSR count). The number of nitrogens with zero attached hydrogens (tertiary/aromatic N) is 2. The van der Waals surface area contributed by atoms with Gasteiger partial charge in [0.1, 0.15) is 5.92 Å². The molecular weight excluding hydrogens is 164 g/mol. The molecule has 3 heteroatoms. The van der Waals surface area contributed by atoms with Crippen LogP contribution in [0.1, 0.15) is 27.2 Å². The van der Waals surface area contributed by atoms with Gasteiger partial charge in [-0.3, -0.25) is 4.79 Å². The van der Waals surface area contributed by atoms with Crippen LogP contribution in [0, 0.1) is 23.2 Å². The zero-order chi connectivity index (χ0) is 10.4. The van der Waals surface area contributed by atoms with E-state index < -0.39 is 5.92 Å². The van der Waals surface area contributed by atoms with Gasteiger partial charge in [-0.2, -0.15) is 5.26 Å². The van der Waals surface area contributed by atoms with Gasteiger partial charge < -0.3 is 4.90 Å². The van der Waals surface area contributed by atoms with Crippen molar-refractivity contribution in [2.45, 2.75) is 27.2 Å². The molecule has 1 amide bonds. The van der Waals surface area contributed by atoms with Crippen molar-refractivity contribution in [3.8, 4) is 6.07 Å². The largest absolute Gasteiger partial charge is 0.345 e. The number of hydrogen-bond donors (Lipinski definition) is 0. The zero-order valence-corrected chi connectivity index (χ0v) is 8.87. The molecule has 13 heavy (non-hydrogen) atoms. The molecule has 0 heterocycles. The standard InChI is InChI=1S/C10H18N2O/c1-5-6-12(4)10(13)9(7-11)8(2)3/h8-9H,5-6H2,1-4H3. The second-order valence-electron chi connectivity index (χ2n) is 3.61. The fourth-order valence-corrected chi connectivity index (χ4v) is 1.17. The van der Waals surface area contributed by atoms with Crippen molar-refractivity contribution in [3.63, 3.8) is 0 Å². The number of hydrogen-bond acceptors (Lipinski definition) is 2. The molecule has 74 valence electrons. The van der Waals surface area contributed by atoms with E-state index in [1.54, 1.807) is 11.9 Å². The predicted octanol–water partition coefficient (Wildman–Crippen LogP) is 1.65. The van der Waals surface area contributed by atoms with E-state index in [0.29, 0.717) is 0 Å². The normalized spacial score (nSPS) is 12.3. The van der Waals surface area contributed by atoms with Gasteiger partial charge in [0.15, 0.2) is 0 Å². The first-order valence-corrected chi connectivity index (χ1v) is 4.69. The minimum Gasteiger partial charge on any atom is -0.345 e. The highest BCUT2D eigenvalue weighted by Gasteiger charge is 2.24. The van der Waals surface area contributed by atoms with E-state index in [4.69, 9.17) is 5.26 Å². The highest BCUT2D eigenvalue weighted by molar-refractivity contribution is 5.81. The first-order chi connectivity index (χ1) is 6.04. The average molecular weight is 182 g/mol. The molecule has 3 nitrogen and oxygen atoms in total. The monoisotopic (exact) mass is 182 g/mol. The Balaban J connectivity index is 4.30. The van der Waals surface area contributed by atoms with Crippen LogP contribution in [-0.4, -0.2) is 24.4 Å². The van der Waals surface area contributed by atoms with Gasteiger partial charge in [-0.05, 0) is 12.3 Å². The molecule has 0 saturated heterocycles. The lowest BCUT2D eigenvalue weighted by Gasteiger charge is -2.21. The molecule has 0 bridgehead atoms. The first-order valence-electron chi connectivity index (χ1n) is 4.69. The Morgan fingerprint density at radius 2 is 2.08 bits per heavy atom. The SMILES string of the molecule is CCCN(C)C(=O)C(C#N)C(C)C. The van der Waals surface area contributed by atoms with Crippen molar-refractivity contribution in [2.24, 2.45) is 11.8 Å². The summed E-state index contributed by atoms with van der Waals surface area (Å²) in [6.45, 7) is 6.53. The van der Waals surface area contributed by atoms with Gasteiger partial charge in [-0.1, -0.05) is 20.8 Å². The van der Waals surface area contributed by atoms with Crippen LogP contribution in [0.4, 0.5) is 0 Å². The van der Waals surface area contributed by atoms with Gasteiger partial charge in [0.25, 0.3) is 0 Å². The fraction of sp³-hybridized carbons (Fsp3) is 0.800. The van der Waals surface area contributed by atoms with Crippen molar-refractivity contribution in [3.05, 3.63) is 0 Å². The summed E-state index contributed by atoms with van der Waals surface area (Å²) in [5, 5.41) is 8.79. The molecule has 0 aliphatic carbocycles. The van der Waals surface area contributed by atoms with Gasteiger partial charge >= 0.3 is 0 Å². The maximum Gasteiger partial charge on any atom is 0.239 e. The second kappa shape index (κ2) is 5.58. The summed E-state index contributed by atoms with van der Waals surface area (Å²) in [4.78, 5) is 13.2. The Morgan fingerprint density at radius 1 is 1.54 bits per heavy atom. The third kappa shape index (κ3) is 3.45. The molecule has 1 atom stereocenters. The maximum absolute atomic E-state index is 11.6. The summed E-state index contributed by atoms with van der Waals surface area (Å²) in [7, 11) is 1.75. The van der Waals surface area contributed by atoms with E-state index >= 15 is 0 Å². The second-order valence-corrected chi connectivity index (χ2v) is 3.61. The van der Waals surface area contributed by atoms with Crippen LogP contribution in [-0.2, 0) is 4.79 Å². The summed E-state index contributed by atoms with van der Waals surface area (Å²) in [6.07, 6.45) is 0.929. The van der Waals surface area contributed by atoms with Crippen molar-refractivity contribution in [1.29, 1.82) is 5.26 Å². The minimum absolute atomic E-state index is 0.0562. The lowest BCUT2D eigenvalue weighted by molar-refractivity contribution is -0.133. The first kappa shape index (κ1) is 12.0. The van der Waals surface area contributed by atoms with Crippen molar-refractivity contribution < 1.29 is 4.79 Å². The Hall–Kier alpha value is -1.04. The number of carbonyl (C=O) groups is 1. The van der Waals surface area contributed by atoms with E-state index in [1.807, 2.05) is 26.8 Å². The van der Waals surface area contributed by atoms with Crippen LogP contribution in [0.15, 0.2) is 0 Å². The quantitative estimate of drug-likeness (QED) is 0.663. The van der Waals surface area contributed by atoms with E-state index in [9.17, 15) is 4.79 Å². The van der Waals surface area contributed by atoms with E-state index in [-0.39, 0.29) is 11.8 Å². The van der Waals surface area contributed by atoms with Crippen molar-refractivity contribution in [2.75, 3.05) is 13.6 Å². The molecule has 0 aromatic rings. The van der Waals surface area contributed by atoms with Gasteiger partial charge in [-0.15, -0.1) is 0 Å². The van der Waals surface area contributed by atoms with Gasteiger partial charge in [0, 0.05) is 13.6 Å². The Bertz CT molecular complexity index is 205. The number of amides is 1. The fourth-order valence-electron chi connectivity index (χ4n) is 1.17. The third-order valence-electron chi connectivity index (χ3n) is 2.01. The smallest absolute Gasteiger partial charge is 0.239 e. The molecule has 0 radical (unpaired) electrons. The van der Waals surface area contributed by atoms with Crippen LogP contribution in [0.25, 0.3) is 0 Å². The minimum atomic E-state index is -0.489. The molecule has 1 unspecified atom stereocenters. The summed E-state index contributed by atoms with van der Waals surface area (Å²) < 4.78 is 0. The van der Waals surface area contributed by atoms with E-state index in [1.165, 1.54) is 0 Å². The molecule has 0 aliphatic heterocycles. The lowest BCUT2D eigenvalue weighted by Crippen LogP contribution is -2.35. The highest BCUT2D eigenvalue weighted by atomic mass is 16.2. The molecule has 0 N–H and O–H groups in total.